The summed E-state index contributed by atoms with van der Waals surface area (Å²) in [7, 11) is 0. The fourth-order valence-electron chi connectivity index (χ4n) is 4.02. The summed E-state index contributed by atoms with van der Waals surface area (Å²) >= 11 is 14.1. The van der Waals surface area contributed by atoms with Crippen LogP contribution in [0.3, 0.4) is 0 Å². The third kappa shape index (κ3) is 8.80. The van der Waals surface area contributed by atoms with E-state index in [1.54, 1.807) is 23.1 Å². The fourth-order valence-corrected chi connectivity index (χ4v) is 5.67. The molecule has 7 heteroatoms. The third-order valence-electron chi connectivity index (χ3n) is 6.24. The molecule has 1 unspecified atom stereocenters. The van der Waals surface area contributed by atoms with Crippen molar-refractivity contribution >= 4 is 46.8 Å². The van der Waals surface area contributed by atoms with Gasteiger partial charge in [-0.2, -0.15) is 0 Å². The van der Waals surface area contributed by atoms with Crippen molar-refractivity contribution in [3.05, 3.63) is 105 Å². The Hall–Kier alpha value is -2.47. The Balaban J connectivity index is 1.86. The van der Waals surface area contributed by atoms with Crippen molar-refractivity contribution in [1.82, 2.24) is 10.2 Å². The van der Waals surface area contributed by atoms with E-state index in [-0.39, 0.29) is 17.6 Å². The van der Waals surface area contributed by atoms with Gasteiger partial charge in [-0.3, -0.25) is 9.59 Å². The number of nitrogens with one attached hydrogen (secondary N) is 1. The number of hydrogen-bond acceptors (Lipinski definition) is 3. The first-order valence-corrected chi connectivity index (χ1v) is 14.5. The number of amides is 2. The third-order valence-corrected chi connectivity index (χ3v) is 7.89. The Morgan fingerprint density at radius 1 is 0.946 bits per heavy atom. The van der Waals surface area contributed by atoms with E-state index in [0.717, 1.165) is 35.1 Å². The van der Waals surface area contributed by atoms with Crippen LogP contribution < -0.4 is 5.32 Å². The number of benzene rings is 3. The molecule has 1 N–H and O–H groups in total. The topological polar surface area (TPSA) is 49.4 Å². The molecule has 0 saturated heterocycles. The van der Waals surface area contributed by atoms with Gasteiger partial charge in [-0.1, -0.05) is 97.2 Å². The highest BCUT2D eigenvalue weighted by Crippen LogP contribution is 2.28. The maximum atomic E-state index is 13.7. The van der Waals surface area contributed by atoms with Crippen molar-refractivity contribution in [3.8, 4) is 0 Å². The Bertz CT molecular complexity index is 1150. The van der Waals surface area contributed by atoms with E-state index in [1.165, 1.54) is 11.8 Å². The first-order chi connectivity index (χ1) is 17.9. The quantitative estimate of drug-likeness (QED) is 0.228. The van der Waals surface area contributed by atoms with Crippen LogP contribution in [0.15, 0.2) is 72.8 Å². The van der Waals surface area contributed by atoms with Crippen LogP contribution in [-0.4, -0.2) is 35.1 Å². The van der Waals surface area contributed by atoms with Gasteiger partial charge < -0.3 is 10.2 Å². The summed E-state index contributed by atoms with van der Waals surface area (Å²) in [4.78, 5) is 29.0. The molecule has 0 aliphatic carbocycles. The Labute approximate surface area is 234 Å². The van der Waals surface area contributed by atoms with Crippen LogP contribution in [0.5, 0.6) is 0 Å². The highest BCUT2D eigenvalue weighted by atomic mass is 35.5. The molecule has 0 bridgehead atoms. The van der Waals surface area contributed by atoms with Crippen LogP contribution in [0.4, 0.5) is 0 Å². The lowest BCUT2D eigenvalue weighted by Crippen LogP contribution is -2.51. The van der Waals surface area contributed by atoms with Gasteiger partial charge in [0.1, 0.15) is 6.04 Å². The summed E-state index contributed by atoms with van der Waals surface area (Å²) in [5, 5.41) is 4.23. The largest absolute Gasteiger partial charge is 0.354 e. The molecule has 0 radical (unpaired) electrons. The van der Waals surface area contributed by atoms with Crippen LogP contribution in [0.25, 0.3) is 0 Å². The number of halogens is 2. The molecule has 0 aromatic heterocycles. The molecule has 0 fully saturated rings. The number of unbranched alkanes of at least 4 members (excludes halogenated alkanes) is 1. The van der Waals surface area contributed by atoms with Crippen molar-refractivity contribution in [2.24, 2.45) is 0 Å². The molecule has 0 heterocycles. The summed E-state index contributed by atoms with van der Waals surface area (Å²) in [6.45, 7) is 5.06. The van der Waals surface area contributed by atoms with Crippen molar-refractivity contribution in [2.75, 3.05) is 12.3 Å². The standard InChI is InChI=1S/C30H34Cl2N2O2S/c1-3-4-17-33-30(36)28(18-23-12-6-5-7-13-23)34(19-24-14-9-8-11-22(24)2)29(35)21-37-20-25-26(31)15-10-16-27(25)32/h5-16,28H,3-4,17-21H2,1-2H3,(H,33,36). The lowest BCUT2D eigenvalue weighted by molar-refractivity contribution is -0.139. The van der Waals surface area contributed by atoms with Gasteiger partial charge in [-0.15, -0.1) is 11.8 Å². The number of carbonyl (C=O) groups is 2. The van der Waals surface area contributed by atoms with Crippen LogP contribution in [0.2, 0.25) is 10.0 Å². The van der Waals surface area contributed by atoms with E-state index >= 15 is 0 Å². The van der Waals surface area contributed by atoms with Crippen LogP contribution >= 0.6 is 35.0 Å². The molecule has 4 nitrogen and oxygen atoms in total. The molecule has 37 heavy (non-hydrogen) atoms. The van der Waals surface area contributed by atoms with E-state index in [0.29, 0.717) is 35.3 Å². The zero-order chi connectivity index (χ0) is 26.6. The number of rotatable bonds is 13. The van der Waals surface area contributed by atoms with Gasteiger partial charge in [0, 0.05) is 35.3 Å². The second kappa shape index (κ2) is 15.1. The molecular formula is C30H34Cl2N2O2S. The number of carbonyl (C=O) groups excluding carboxylic acids is 2. The van der Waals surface area contributed by atoms with E-state index in [1.807, 2.05) is 61.5 Å². The maximum Gasteiger partial charge on any atom is 0.243 e. The van der Waals surface area contributed by atoms with Gasteiger partial charge in [-0.25, -0.2) is 0 Å². The second-order valence-corrected chi connectivity index (χ2v) is 10.8. The van der Waals surface area contributed by atoms with Crippen LogP contribution in [0.1, 0.15) is 42.0 Å². The summed E-state index contributed by atoms with van der Waals surface area (Å²) in [5.41, 5.74) is 3.93. The first-order valence-electron chi connectivity index (χ1n) is 12.6. The SMILES string of the molecule is CCCCNC(=O)C(Cc1ccccc1)N(Cc1ccccc1C)C(=O)CSCc1c(Cl)cccc1Cl. The number of thioether (sulfide) groups is 1. The van der Waals surface area contributed by atoms with E-state index in [4.69, 9.17) is 23.2 Å². The zero-order valence-electron chi connectivity index (χ0n) is 21.4. The Morgan fingerprint density at radius 2 is 1.62 bits per heavy atom. The smallest absolute Gasteiger partial charge is 0.243 e. The molecule has 0 saturated carbocycles. The van der Waals surface area contributed by atoms with Gasteiger partial charge >= 0.3 is 0 Å². The molecular weight excluding hydrogens is 523 g/mol. The summed E-state index contributed by atoms with van der Waals surface area (Å²) < 4.78 is 0. The number of hydrogen-bond donors (Lipinski definition) is 1. The second-order valence-electron chi connectivity index (χ2n) is 8.99. The minimum Gasteiger partial charge on any atom is -0.354 e. The van der Waals surface area contributed by atoms with Gasteiger partial charge in [0.25, 0.3) is 0 Å². The predicted molar refractivity (Wildman–Crippen MR) is 156 cm³/mol. The molecule has 3 aromatic carbocycles. The maximum absolute atomic E-state index is 13.7. The lowest BCUT2D eigenvalue weighted by Gasteiger charge is -2.32. The van der Waals surface area contributed by atoms with Gasteiger partial charge in [-0.05, 0) is 47.7 Å². The minimum atomic E-state index is -0.629. The fraction of sp³-hybridized carbons (Fsp3) is 0.333. The van der Waals surface area contributed by atoms with Crippen molar-refractivity contribution < 1.29 is 9.59 Å². The van der Waals surface area contributed by atoms with E-state index in [9.17, 15) is 9.59 Å². The molecule has 3 aromatic rings. The van der Waals surface area contributed by atoms with Crippen molar-refractivity contribution in [2.45, 2.75) is 51.4 Å². The van der Waals surface area contributed by atoms with Crippen LogP contribution in [-0.2, 0) is 28.3 Å². The van der Waals surface area contributed by atoms with Crippen molar-refractivity contribution in [1.29, 1.82) is 0 Å². The highest BCUT2D eigenvalue weighted by Gasteiger charge is 2.30. The van der Waals surface area contributed by atoms with Gasteiger partial charge in [0.2, 0.25) is 11.8 Å². The molecule has 3 rings (SSSR count). The molecule has 196 valence electrons. The van der Waals surface area contributed by atoms with Gasteiger partial charge in [0.05, 0.1) is 5.75 Å². The average molecular weight is 558 g/mol. The minimum absolute atomic E-state index is 0.0944. The first kappa shape index (κ1) is 29.1. The molecule has 0 spiro atoms. The monoisotopic (exact) mass is 556 g/mol. The average Bonchev–Trinajstić information content (AvgIpc) is 2.89. The Kier molecular flexibility index (Phi) is 11.8. The van der Waals surface area contributed by atoms with Gasteiger partial charge in [0.15, 0.2) is 0 Å². The molecule has 0 aliphatic rings. The Morgan fingerprint density at radius 3 is 2.30 bits per heavy atom. The zero-order valence-corrected chi connectivity index (χ0v) is 23.7. The van der Waals surface area contributed by atoms with E-state index < -0.39 is 6.04 Å². The lowest BCUT2D eigenvalue weighted by atomic mass is 10.0. The predicted octanol–water partition coefficient (Wildman–Crippen LogP) is 7.09. The normalized spacial score (nSPS) is 11.7. The number of aryl methyl sites for hydroxylation is 1. The molecule has 2 amide bonds. The van der Waals surface area contributed by atoms with Crippen LogP contribution in [0, 0.1) is 6.92 Å². The molecule has 1 atom stereocenters. The summed E-state index contributed by atoms with van der Waals surface area (Å²) in [6.07, 6.45) is 2.32. The van der Waals surface area contributed by atoms with Crippen molar-refractivity contribution in [3.63, 3.8) is 0 Å². The number of nitrogens with zero attached hydrogens (tertiary/aromatic N) is 1. The van der Waals surface area contributed by atoms with E-state index in [2.05, 4.69) is 12.2 Å². The summed E-state index contributed by atoms with van der Waals surface area (Å²) in [6, 6.07) is 22.6. The summed E-state index contributed by atoms with van der Waals surface area (Å²) in [5.74, 6) is 0.497. The highest BCUT2D eigenvalue weighted by molar-refractivity contribution is 7.99. The molecule has 0 aliphatic heterocycles.